The lowest BCUT2D eigenvalue weighted by molar-refractivity contribution is 0.0633. The van der Waals surface area contributed by atoms with Crippen molar-refractivity contribution in [2.75, 3.05) is 26.8 Å². The van der Waals surface area contributed by atoms with Gasteiger partial charge in [-0.05, 0) is 43.2 Å². The maximum Gasteiger partial charge on any atom is 0.253 e. The fourth-order valence-corrected chi connectivity index (χ4v) is 3.57. The molecule has 6 heteroatoms. The van der Waals surface area contributed by atoms with Gasteiger partial charge in [0.2, 0.25) is 0 Å². The van der Waals surface area contributed by atoms with Gasteiger partial charge in [0, 0.05) is 43.0 Å². The minimum Gasteiger partial charge on any atom is -0.497 e. The predicted octanol–water partition coefficient (Wildman–Crippen LogP) is 3.57. The number of benzene rings is 2. The van der Waals surface area contributed by atoms with Gasteiger partial charge in [0.05, 0.1) is 24.8 Å². The van der Waals surface area contributed by atoms with Gasteiger partial charge in [-0.2, -0.15) is 0 Å². The Kier molecular flexibility index (Phi) is 5.37. The Morgan fingerprint density at radius 3 is 2.79 bits per heavy atom. The molecule has 2 aromatic carbocycles. The van der Waals surface area contributed by atoms with Crippen molar-refractivity contribution < 1.29 is 14.3 Å². The number of rotatable bonds is 5. The predicted molar refractivity (Wildman–Crippen MR) is 107 cm³/mol. The summed E-state index contributed by atoms with van der Waals surface area (Å²) in [5.41, 5.74) is 2.19. The first-order valence-electron chi connectivity index (χ1n) is 9.50. The Bertz CT molecular complexity index is 976. The second-order valence-electron chi connectivity index (χ2n) is 7.01. The summed E-state index contributed by atoms with van der Waals surface area (Å²) in [6.07, 6.45) is 5.33. The van der Waals surface area contributed by atoms with Crippen LogP contribution in [0.2, 0.25) is 0 Å². The normalized spacial score (nSPS) is 16.8. The fraction of sp³-hybridized carbons (Fsp3) is 0.318. The van der Waals surface area contributed by atoms with Gasteiger partial charge in [0.1, 0.15) is 11.5 Å². The summed E-state index contributed by atoms with van der Waals surface area (Å²) in [7, 11) is 1.64. The minimum atomic E-state index is 0.0404. The van der Waals surface area contributed by atoms with E-state index >= 15 is 0 Å². The number of carbonyl (C=O) groups excluding carboxylic acids is 1. The molecule has 28 heavy (non-hydrogen) atoms. The molecule has 0 radical (unpaired) electrons. The molecule has 3 aromatic rings. The van der Waals surface area contributed by atoms with Crippen molar-refractivity contribution in [1.29, 1.82) is 0 Å². The first kappa shape index (κ1) is 18.2. The summed E-state index contributed by atoms with van der Waals surface area (Å²) in [6, 6.07) is 13.1. The average molecular weight is 377 g/mol. The van der Waals surface area contributed by atoms with E-state index in [9.17, 15) is 4.79 Å². The largest absolute Gasteiger partial charge is 0.497 e. The molecular formula is C22H23N3O3. The van der Waals surface area contributed by atoms with Crippen LogP contribution in [0, 0.1) is 5.92 Å². The Labute approximate surface area is 164 Å². The SMILES string of the molecule is COc1cccc(OC[C@H]2CCCN(C(=O)c3ccc4nccnc4c3)C2)c1. The van der Waals surface area contributed by atoms with Gasteiger partial charge in [0.15, 0.2) is 0 Å². The lowest BCUT2D eigenvalue weighted by Crippen LogP contribution is -2.41. The maximum absolute atomic E-state index is 13.0. The van der Waals surface area contributed by atoms with E-state index < -0.39 is 0 Å². The first-order chi connectivity index (χ1) is 13.7. The van der Waals surface area contributed by atoms with Crippen molar-refractivity contribution >= 4 is 16.9 Å². The van der Waals surface area contributed by atoms with Crippen LogP contribution in [-0.2, 0) is 0 Å². The third kappa shape index (κ3) is 4.06. The highest BCUT2D eigenvalue weighted by Crippen LogP contribution is 2.23. The molecule has 144 valence electrons. The van der Waals surface area contributed by atoms with Crippen molar-refractivity contribution in [3.8, 4) is 11.5 Å². The van der Waals surface area contributed by atoms with Crippen LogP contribution in [0.1, 0.15) is 23.2 Å². The Morgan fingerprint density at radius 2 is 1.93 bits per heavy atom. The van der Waals surface area contributed by atoms with E-state index in [4.69, 9.17) is 9.47 Å². The first-order valence-corrected chi connectivity index (χ1v) is 9.50. The Balaban J connectivity index is 1.40. The molecule has 1 aliphatic heterocycles. The number of hydrogen-bond donors (Lipinski definition) is 0. The topological polar surface area (TPSA) is 64.6 Å². The quantitative estimate of drug-likeness (QED) is 0.680. The lowest BCUT2D eigenvalue weighted by atomic mass is 9.98. The molecule has 0 saturated carbocycles. The number of fused-ring (bicyclic) bond motifs is 1. The van der Waals surface area contributed by atoms with E-state index in [-0.39, 0.29) is 5.91 Å². The highest BCUT2D eigenvalue weighted by atomic mass is 16.5. The van der Waals surface area contributed by atoms with Crippen molar-refractivity contribution in [3.63, 3.8) is 0 Å². The number of piperidine rings is 1. The van der Waals surface area contributed by atoms with Crippen LogP contribution in [-0.4, -0.2) is 47.6 Å². The number of amides is 1. The van der Waals surface area contributed by atoms with Gasteiger partial charge in [-0.15, -0.1) is 0 Å². The van der Waals surface area contributed by atoms with Crippen LogP contribution in [0.25, 0.3) is 11.0 Å². The molecule has 1 aliphatic rings. The summed E-state index contributed by atoms with van der Waals surface area (Å²) in [5.74, 6) is 1.91. The molecule has 1 fully saturated rings. The Morgan fingerprint density at radius 1 is 1.11 bits per heavy atom. The van der Waals surface area contributed by atoms with E-state index in [1.807, 2.05) is 47.4 Å². The molecule has 0 bridgehead atoms. The van der Waals surface area contributed by atoms with Gasteiger partial charge in [-0.3, -0.25) is 14.8 Å². The van der Waals surface area contributed by atoms with E-state index in [1.54, 1.807) is 19.5 Å². The molecule has 1 atom stereocenters. The number of methoxy groups -OCH3 is 1. The number of carbonyl (C=O) groups is 1. The van der Waals surface area contributed by atoms with Gasteiger partial charge in [0.25, 0.3) is 5.91 Å². The molecule has 1 amide bonds. The zero-order valence-corrected chi connectivity index (χ0v) is 15.9. The van der Waals surface area contributed by atoms with Crippen molar-refractivity contribution in [2.45, 2.75) is 12.8 Å². The lowest BCUT2D eigenvalue weighted by Gasteiger charge is -2.32. The second kappa shape index (κ2) is 8.25. The van der Waals surface area contributed by atoms with Crippen LogP contribution in [0.4, 0.5) is 0 Å². The molecule has 0 unspecified atom stereocenters. The molecule has 1 aromatic heterocycles. The Hall–Kier alpha value is -3.15. The van der Waals surface area contributed by atoms with Crippen LogP contribution < -0.4 is 9.47 Å². The standard InChI is InChI=1S/C22H23N3O3/c1-27-18-5-2-6-19(13-18)28-15-16-4-3-11-25(14-16)22(26)17-7-8-20-21(12-17)24-10-9-23-20/h2,5-10,12-13,16H,3-4,11,14-15H2,1H3/t16-/m0/s1. The number of nitrogens with zero attached hydrogens (tertiary/aromatic N) is 3. The molecular weight excluding hydrogens is 354 g/mol. The highest BCUT2D eigenvalue weighted by Gasteiger charge is 2.25. The molecule has 4 rings (SSSR count). The molecule has 6 nitrogen and oxygen atoms in total. The zero-order chi connectivity index (χ0) is 19.3. The molecule has 2 heterocycles. The van der Waals surface area contributed by atoms with E-state index in [2.05, 4.69) is 9.97 Å². The van der Waals surface area contributed by atoms with Crippen LogP contribution in [0.5, 0.6) is 11.5 Å². The van der Waals surface area contributed by atoms with Crippen LogP contribution >= 0.6 is 0 Å². The van der Waals surface area contributed by atoms with E-state index in [0.717, 1.165) is 41.9 Å². The molecule has 0 N–H and O–H groups in total. The smallest absolute Gasteiger partial charge is 0.253 e. The summed E-state index contributed by atoms with van der Waals surface area (Å²) in [6.45, 7) is 2.05. The fourth-order valence-electron chi connectivity index (χ4n) is 3.57. The molecule has 0 spiro atoms. The van der Waals surface area contributed by atoms with Gasteiger partial charge in [-0.25, -0.2) is 0 Å². The second-order valence-corrected chi connectivity index (χ2v) is 7.01. The number of ether oxygens (including phenoxy) is 2. The summed E-state index contributed by atoms with van der Waals surface area (Å²) in [5, 5.41) is 0. The monoisotopic (exact) mass is 377 g/mol. The number of hydrogen-bond acceptors (Lipinski definition) is 5. The number of aromatic nitrogens is 2. The third-order valence-corrected chi connectivity index (χ3v) is 5.05. The van der Waals surface area contributed by atoms with E-state index in [0.29, 0.717) is 24.6 Å². The van der Waals surface area contributed by atoms with Crippen molar-refractivity contribution in [3.05, 3.63) is 60.4 Å². The van der Waals surface area contributed by atoms with Crippen LogP contribution in [0.3, 0.4) is 0 Å². The zero-order valence-electron chi connectivity index (χ0n) is 15.9. The van der Waals surface area contributed by atoms with Crippen molar-refractivity contribution in [1.82, 2.24) is 14.9 Å². The van der Waals surface area contributed by atoms with Crippen molar-refractivity contribution in [2.24, 2.45) is 5.92 Å². The van der Waals surface area contributed by atoms with Gasteiger partial charge >= 0.3 is 0 Å². The number of likely N-dealkylation sites (tertiary alicyclic amines) is 1. The van der Waals surface area contributed by atoms with Gasteiger partial charge < -0.3 is 14.4 Å². The van der Waals surface area contributed by atoms with Crippen LogP contribution in [0.15, 0.2) is 54.9 Å². The van der Waals surface area contributed by atoms with E-state index in [1.165, 1.54) is 0 Å². The highest BCUT2D eigenvalue weighted by molar-refractivity contribution is 5.97. The summed E-state index contributed by atoms with van der Waals surface area (Å²) in [4.78, 5) is 23.4. The van der Waals surface area contributed by atoms with Gasteiger partial charge in [-0.1, -0.05) is 6.07 Å². The average Bonchev–Trinajstić information content (AvgIpc) is 2.77. The molecule has 0 aliphatic carbocycles. The summed E-state index contributed by atoms with van der Waals surface area (Å²) < 4.78 is 11.2. The molecule has 1 saturated heterocycles. The maximum atomic E-state index is 13.0. The third-order valence-electron chi connectivity index (χ3n) is 5.05. The summed E-state index contributed by atoms with van der Waals surface area (Å²) >= 11 is 0. The minimum absolute atomic E-state index is 0.0404.